The summed E-state index contributed by atoms with van der Waals surface area (Å²) in [6, 6.07) is 5.38. The number of benzene rings is 1. The van der Waals surface area contributed by atoms with E-state index in [1.165, 1.54) is 0 Å². The topological polar surface area (TPSA) is 58.6 Å². The lowest BCUT2D eigenvalue weighted by molar-refractivity contribution is -0.129. The molecule has 124 valence electrons. The lowest BCUT2D eigenvalue weighted by Crippen LogP contribution is -2.34. The van der Waals surface area contributed by atoms with Gasteiger partial charge in [0.05, 0.1) is 12.0 Å². The average molecular weight is 337 g/mol. The zero-order valence-electron chi connectivity index (χ0n) is 13.2. The minimum Gasteiger partial charge on any atom is -0.376 e. The number of amides is 2. The number of carbonyl (C=O) groups excluding carboxylic acids is 2. The summed E-state index contributed by atoms with van der Waals surface area (Å²) in [6.07, 6.45) is 2.42. The number of hydrogen-bond acceptors (Lipinski definition) is 3. The van der Waals surface area contributed by atoms with E-state index in [1.807, 2.05) is 13.0 Å². The summed E-state index contributed by atoms with van der Waals surface area (Å²) in [5.41, 5.74) is 1.65. The van der Waals surface area contributed by atoms with Crippen LogP contribution in [0.3, 0.4) is 0 Å². The van der Waals surface area contributed by atoms with Gasteiger partial charge in [-0.1, -0.05) is 17.7 Å². The number of rotatable bonds is 4. The maximum absolute atomic E-state index is 12.4. The third-order valence-corrected chi connectivity index (χ3v) is 4.73. The number of halogens is 1. The maximum Gasteiger partial charge on any atom is 0.229 e. The second kappa shape index (κ2) is 6.89. The molecule has 5 nitrogen and oxygen atoms in total. The molecule has 6 heteroatoms. The fourth-order valence-corrected chi connectivity index (χ4v) is 3.29. The van der Waals surface area contributed by atoms with Crippen molar-refractivity contribution >= 4 is 29.1 Å². The maximum atomic E-state index is 12.4. The number of likely N-dealkylation sites (tertiary alicyclic amines) is 1. The van der Waals surface area contributed by atoms with Crippen LogP contribution in [0, 0.1) is 12.8 Å². The van der Waals surface area contributed by atoms with Gasteiger partial charge in [-0.15, -0.1) is 0 Å². The largest absolute Gasteiger partial charge is 0.376 e. The Hall–Kier alpha value is -1.59. The van der Waals surface area contributed by atoms with E-state index >= 15 is 0 Å². The lowest BCUT2D eigenvalue weighted by atomic mass is 10.1. The van der Waals surface area contributed by atoms with Gasteiger partial charge in [0, 0.05) is 36.8 Å². The highest BCUT2D eigenvalue weighted by atomic mass is 35.5. The summed E-state index contributed by atoms with van der Waals surface area (Å²) in [5, 5.41) is 3.47. The van der Waals surface area contributed by atoms with Gasteiger partial charge in [0.2, 0.25) is 11.8 Å². The Morgan fingerprint density at radius 2 is 2.30 bits per heavy atom. The molecule has 1 aromatic carbocycles. The number of nitrogens with zero attached hydrogens (tertiary/aromatic N) is 1. The Kier molecular flexibility index (Phi) is 4.87. The summed E-state index contributed by atoms with van der Waals surface area (Å²) >= 11 is 5.97. The van der Waals surface area contributed by atoms with Gasteiger partial charge < -0.3 is 15.0 Å². The number of carbonyl (C=O) groups is 2. The quantitative estimate of drug-likeness (QED) is 0.919. The van der Waals surface area contributed by atoms with Gasteiger partial charge >= 0.3 is 0 Å². The Labute approximate surface area is 140 Å². The standard InChI is InChI=1S/C17H21ClN2O3/c1-11-4-5-13(18)8-15(11)19-17(22)12-7-16(21)20(9-12)10-14-3-2-6-23-14/h4-5,8,12,14H,2-3,6-7,9-10H2,1H3,(H,19,22). The number of ether oxygens (including phenoxy) is 1. The second-order valence-corrected chi connectivity index (χ2v) is 6.72. The first-order valence-electron chi connectivity index (χ1n) is 7.99. The molecule has 2 aliphatic rings. The third kappa shape index (κ3) is 3.85. The van der Waals surface area contributed by atoms with Crippen molar-refractivity contribution < 1.29 is 14.3 Å². The van der Waals surface area contributed by atoms with Crippen LogP contribution in [-0.4, -0.2) is 42.5 Å². The van der Waals surface area contributed by atoms with E-state index in [1.54, 1.807) is 17.0 Å². The molecule has 2 unspecified atom stereocenters. The van der Waals surface area contributed by atoms with Gasteiger partial charge in [-0.25, -0.2) is 0 Å². The molecular formula is C17H21ClN2O3. The van der Waals surface area contributed by atoms with Crippen molar-refractivity contribution in [2.45, 2.75) is 32.3 Å². The molecule has 0 spiro atoms. The SMILES string of the molecule is Cc1ccc(Cl)cc1NC(=O)C1CC(=O)N(CC2CCCO2)C1. The molecular weight excluding hydrogens is 316 g/mol. The highest BCUT2D eigenvalue weighted by molar-refractivity contribution is 6.31. The number of nitrogens with one attached hydrogen (secondary N) is 1. The minimum atomic E-state index is -0.317. The summed E-state index contributed by atoms with van der Waals surface area (Å²) < 4.78 is 5.57. The fourth-order valence-electron chi connectivity index (χ4n) is 3.12. The predicted octanol–water partition coefficient (Wildman–Crippen LogP) is 2.61. The van der Waals surface area contributed by atoms with E-state index < -0.39 is 0 Å². The van der Waals surface area contributed by atoms with Gasteiger partial charge in [-0.2, -0.15) is 0 Å². The van der Waals surface area contributed by atoms with Crippen molar-refractivity contribution in [2.75, 3.05) is 25.0 Å². The number of anilines is 1. The molecule has 23 heavy (non-hydrogen) atoms. The molecule has 0 saturated carbocycles. The lowest BCUT2D eigenvalue weighted by Gasteiger charge is -2.20. The molecule has 3 rings (SSSR count). The Morgan fingerprint density at radius 3 is 3.04 bits per heavy atom. The van der Waals surface area contributed by atoms with Crippen LogP contribution in [0.4, 0.5) is 5.69 Å². The van der Waals surface area contributed by atoms with Crippen molar-refractivity contribution in [3.05, 3.63) is 28.8 Å². The van der Waals surface area contributed by atoms with Crippen LogP contribution in [0.1, 0.15) is 24.8 Å². The summed E-state index contributed by atoms with van der Waals surface area (Å²) in [6.45, 7) is 3.74. The Morgan fingerprint density at radius 1 is 1.48 bits per heavy atom. The monoisotopic (exact) mass is 336 g/mol. The average Bonchev–Trinajstić information content (AvgIpc) is 3.14. The molecule has 2 fully saturated rings. The molecule has 1 N–H and O–H groups in total. The van der Waals surface area contributed by atoms with E-state index in [2.05, 4.69) is 5.32 Å². The Balaban J connectivity index is 1.60. The van der Waals surface area contributed by atoms with Crippen LogP contribution >= 0.6 is 11.6 Å². The van der Waals surface area contributed by atoms with Crippen LogP contribution in [0.15, 0.2) is 18.2 Å². The zero-order valence-corrected chi connectivity index (χ0v) is 13.9. The van der Waals surface area contributed by atoms with Gasteiger partial charge in [0.25, 0.3) is 0 Å². The normalized spacial score (nSPS) is 24.3. The highest BCUT2D eigenvalue weighted by Gasteiger charge is 2.36. The molecule has 2 saturated heterocycles. The first-order chi connectivity index (χ1) is 11.0. The van der Waals surface area contributed by atoms with Crippen molar-refractivity contribution in [2.24, 2.45) is 5.92 Å². The molecule has 2 amide bonds. The summed E-state index contributed by atoms with van der Waals surface area (Å²) in [4.78, 5) is 26.3. The van der Waals surface area contributed by atoms with Crippen LogP contribution in [0.2, 0.25) is 5.02 Å². The molecule has 0 radical (unpaired) electrons. The van der Waals surface area contributed by atoms with Crippen LogP contribution in [0.5, 0.6) is 0 Å². The number of aryl methyl sites for hydroxylation is 1. The molecule has 2 aliphatic heterocycles. The molecule has 0 bridgehead atoms. The van der Waals surface area contributed by atoms with E-state index in [0.29, 0.717) is 23.8 Å². The minimum absolute atomic E-state index is 0.0310. The van der Waals surface area contributed by atoms with Crippen molar-refractivity contribution in [1.82, 2.24) is 4.90 Å². The molecule has 0 aromatic heterocycles. The van der Waals surface area contributed by atoms with Crippen LogP contribution < -0.4 is 5.32 Å². The third-order valence-electron chi connectivity index (χ3n) is 4.49. The molecule has 1 aromatic rings. The summed E-state index contributed by atoms with van der Waals surface area (Å²) in [5.74, 6) is -0.413. The second-order valence-electron chi connectivity index (χ2n) is 6.28. The predicted molar refractivity (Wildman–Crippen MR) is 88.5 cm³/mol. The van der Waals surface area contributed by atoms with Gasteiger partial charge in [0.1, 0.15) is 0 Å². The highest BCUT2D eigenvalue weighted by Crippen LogP contribution is 2.25. The van der Waals surface area contributed by atoms with Gasteiger partial charge in [-0.3, -0.25) is 9.59 Å². The van der Waals surface area contributed by atoms with E-state index in [0.717, 1.165) is 25.0 Å². The smallest absolute Gasteiger partial charge is 0.229 e. The van der Waals surface area contributed by atoms with Crippen LogP contribution in [-0.2, 0) is 14.3 Å². The van der Waals surface area contributed by atoms with Crippen molar-refractivity contribution in [3.63, 3.8) is 0 Å². The van der Waals surface area contributed by atoms with Crippen LogP contribution in [0.25, 0.3) is 0 Å². The molecule has 0 aliphatic carbocycles. The van der Waals surface area contributed by atoms with Crippen molar-refractivity contribution in [1.29, 1.82) is 0 Å². The van der Waals surface area contributed by atoms with Gasteiger partial charge in [-0.05, 0) is 37.5 Å². The van der Waals surface area contributed by atoms with Gasteiger partial charge in [0.15, 0.2) is 0 Å². The first kappa shape index (κ1) is 16.3. The van der Waals surface area contributed by atoms with Crippen molar-refractivity contribution in [3.8, 4) is 0 Å². The number of hydrogen-bond donors (Lipinski definition) is 1. The molecule has 2 atom stereocenters. The molecule has 2 heterocycles. The van der Waals surface area contributed by atoms with E-state index in [9.17, 15) is 9.59 Å². The first-order valence-corrected chi connectivity index (χ1v) is 8.37. The fraction of sp³-hybridized carbons (Fsp3) is 0.529. The van der Waals surface area contributed by atoms with E-state index in [4.69, 9.17) is 16.3 Å². The zero-order chi connectivity index (χ0) is 16.4. The Bertz CT molecular complexity index is 614. The summed E-state index contributed by atoms with van der Waals surface area (Å²) in [7, 11) is 0. The van der Waals surface area contributed by atoms with E-state index in [-0.39, 0.29) is 30.3 Å².